The Morgan fingerprint density at radius 1 is 0.407 bits per heavy atom. The molecule has 0 bridgehead atoms. The summed E-state index contributed by atoms with van der Waals surface area (Å²) in [5.41, 5.74) is 6.33. The molecule has 7 nitrogen and oxygen atoms in total. The summed E-state index contributed by atoms with van der Waals surface area (Å²) in [5.74, 6) is 3.88. The van der Waals surface area contributed by atoms with E-state index < -0.39 is 6.97 Å². The van der Waals surface area contributed by atoms with E-state index in [0.29, 0.717) is 79.7 Å². The monoisotopic (exact) mass is 722 g/mol. The number of benzene rings is 5. The highest BCUT2D eigenvalue weighted by atomic mass is 19.2. The van der Waals surface area contributed by atoms with Crippen LogP contribution in [-0.2, 0) is 0 Å². The van der Waals surface area contributed by atoms with Crippen molar-refractivity contribution in [2.75, 3.05) is 35.5 Å². The van der Waals surface area contributed by atoms with Gasteiger partial charge in [-0.25, -0.2) is 0 Å². The van der Waals surface area contributed by atoms with Gasteiger partial charge in [-0.2, -0.15) is 0 Å². The summed E-state index contributed by atoms with van der Waals surface area (Å²) in [4.78, 5) is 0. The fraction of sp³-hybridized carbons (Fsp3) is 0.114. The maximum atomic E-state index is 18.3. The Balaban J connectivity index is 1.48. The molecular weight excluding hydrogens is 685 g/mol. The van der Waals surface area contributed by atoms with E-state index >= 15 is 8.63 Å². The van der Waals surface area contributed by atoms with Crippen molar-refractivity contribution in [3.63, 3.8) is 0 Å². The molecule has 1 aliphatic rings. The number of rotatable bonds is 10. The highest BCUT2D eigenvalue weighted by molar-refractivity contribution is 6.65. The molecule has 0 radical (unpaired) electrons. The highest BCUT2D eigenvalue weighted by Crippen LogP contribution is 2.51. The van der Waals surface area contributed by atoms with E-state index in [1.807, 2.05) is 109 Å². The fourth-order valence-electron chi connectivity index (χ4n) is 7.45. The van der Waals surface area contributed by atoms with E-state index in [1.165, 1.54) is 8.96 Å². The van der Waals surface area contributed by atoms with Crippen molar-refractivity contribution in [1.29, 1.82) is 0 Å². The van der Waals surface area contributed by atoms with Crippen LogP contribution in [-0.4, -0.2) is 51.5 Å². The average Bonchev–Trinajstić information content (AvgIpc) is 3.83. The molecule has 0 saturated heterocycles. The lowest BCUT2D eigenvalue weighted by atomic mass is 9.82. The summed E-state index contributed by atoms with van der Waals surface area (Å²) < 4.78 is 66.5. The van der Waals surface area contributed by atoms with Crippen LogP contribution in [0.5, 0.6) is 28.7 Å². The fourth-order valence-corrected chi connectivity index (χ4v) is 7.45. The van der Waals surface area contributed by atoms with Crippen molar-refractivity contribution in [1.82, 2.24) is 8.96 Å². The third-order valence-corrected chi connectivity index (χ3v) is 10.1. The Hall–Kier alpha value is -6.55. The molecule has 0 fully saturated rings. The van der Waals surface area contributed by atoms with Crippen LogP contribution < -0.4 is 23.7 Å². The molecule has 7 aromatic rings. The molecule has 5 aromatic carbocycles. The largest absolute Gasteiger partial charge is 0.535 e. The standard InChI is InChI=1S/C44H37BF2N2O5/c1-50-33-16-6-28(7-17-33)38-26-40-42(30-10-20-35(52-3)21-11-30)41-27-39(29-8-18-34(51-2)19-9-29)44(32-14-24-37(54-5)25-15-32)49(41)45(46,47)48(40)43(38)31-12-22-36(53-4)23-13-31/h6-27H,1-5H3. The number of hydrogen-bond donors (Lipinski definition) is 0. The average molecular weight is 723 g/mol. The number of nitrogens with zero attached hydrogens (tertiary/aromatic N) is 2. The van der Waals surface area contributed by atoms with E-state index in [0.717, 1.165) is 16.7 Å². The molecule has 0 N–H and O–H groups in total. The zero-order chi connectivity index (χ0) is 37.6. The van der Waals surface area contributed by atoms with Gasteiger partial charge >= 0.3 is 6.97 Å². The van der Waals surface area contributed by atoms with Crippen LogP contribution in [0.15, 0.2) is 133 Å². The van der Waals surface area contributed by atoms with E-state index in [2.05, 4.69) is 0 Å². The predicted octanol–water partition coefficient (Wildman–Crippen LogP) is 10.1. The van der Waals surface area contributed by atoms with Gasteiger partial charge in [0.2, 0.25) is 0 Å². The van der Waals surface area contributed by atoms with Gasteiger partial charge in [0, 0.05) is 58.9 Å². The summed E-state index contributed by atoms with van der Waals surface area (Å²) >= 11 is 0. The van der Waals surface area contributed by atoms with E-state index in [4.69, 9.17) is 23.7 Å². The molecule has 2 aromatic heterocycles. The number of halogens is 2. The van der Waals surface area contributed by atoms with Crippen molar-refractivity contribution < 1.29 is 32.3 Å². The number of methoxy groups -OCH3 is 5. The van der Waals surface area contributed by atoms with Crippen LogP contribution in [0.3, 0.4) is 0 Å². The molecule has 0 aliphatic carbocycles. The molecule has 0 spiro atoms. The van der Waals surface area contributed by atoms with E-state index in [1.54, 1.807) is 59.8 Å². The van der Waals surface area contributed by atoms with Gasteiger partial charge < -0.3 is 41.3 Å². The van der Waals surface area contributed by atoms with Gasteiger partial charge in [0.1, 0.15) is 34.7 Å². The summed E-state index contributed by atoms with van der Waals surface area (Å²) in [5, 5.41) is 0. The first-order valence-corrected chi connectivity index (χ1v) is 17.4. The second kappa shape index (κ2) is 13.8. The predicted molar refractivity (Wildman–Crippen MR) is 209 cm³/mol. The topological polar surface area (TPSA) is 56.0 Å². The van der Waals surface area contributed by atoms with Gasteiger partial charge in [-0.3, -0.25) is 0 Å². The zero-order valence-electron chi connectivity index (χ0n) is 30.5. The summed E-state index contributed by atoms with van der Waals surface area (Å²) in [6.45, 7) is -4.55. The van der Waals surface area contributed by atoms with E-state index in [-0.39, 0.29) is 0 Å². The molecular formula is C44H37BF2N2O5. The SMILES string of the molecule is COc1ccc(-c2cc3n(c2-c2ccc(OC)cc2)[B-](F)(F)n2c(cc(-c4ccc(OC)cc4)c2-c2ccc(OC)cc2)[C+]3c2ccc(OC)cc2)cc1. The zero-order valence-corrected chi connectivity index (χ0v) is 30.5. The minimum Gasteiger partial charge on any atom is -0.497 e. The summed E-state index contributed by atoms with van der Waals surface area (Å²) in [7, 11) is 7.97. The normalized spacial score (nSPS) is 12.8. The molecule has 0 unspecified atom stereocenters. The molecule has 270 valence electrons. The molecule has 0 amide bonds. The van der Waals surface area contributed by atoms with Crippen molar-refractivity contribution in [2.45, 2.75) is 0 Å². The molecule has 8 rings (SSSR count). The lowest BCUT2D eigenvalue weighted by Gasteiger charge is -2.40. The van der Waals surface area contributed by atoms with Gasteiger partial charge in [0.15, 0.2) is 0 Å². The van der Waals surface area contributed by atoms with Crippen LogP contribution in [0.4, 0.5) is 8.63 Å². The third kappa shape index (κ3) is 5.71. The third-order valence-electron chi connectivity index (χ3n) is 10.1. The van der Waals surface area contributed by atoms with Crippen LogP contribution in [0.2, 0.25) is 0 Å². The summed E-state index contributed by atoms with van der Waals surface area (Å²) in [6.07, 6.45) is 0. The van der Waals surface area contributed by atoms with Crippen molar-refractivity contribution in [3.05, 3.63) is 156 Å². The second-order valence-electron chi connectivity index (χ2n) is 12.9. The smallest absolute Gasteiger partial charge is 0.497 e. The first-order chi connectivity index (χ1) is 26.3. The first-order valence-electron chi connectivity index (χ1n) is 17.4. The maximum absolute atomic E-state index is 18.3. The Morgan fingerprint density at radius 2 is 0.685 bits per heavy atom. The molecule has 0 atom stereocenters. The van der Waals surface area contributed by atoms with Gasteiger partial charge in [-0.1, -0.05) is 0 Å². The van der Waals surface area contributed by atoms with Crippen molar-refractivity contribution in [3.8, 4) is 73.5 Å². The number of fused-ring (bicyclic) bond motifs is 2. The van der Waals surface area contributed by atoms with Crippen molar-refractivity contribution >= 4 is 6.97 Å². The molecule has 54 heavy (non-hydrogen) atoms. The minimum absolute atomic E-state index is 0.375. The van der Waals surface area contributed by atoms with Crippen LogP contribution in [0.1, 0.15) is 17.0 Å². The Labute approximate surface area is 312 Å². The lowest BCUT2D eigenvalue weighted by Crippen LogP contribution is -2.49. The minimum atomic E-state index is -4.55. The number of hydrogen-bond acceptors (Lipinski definition) is 5. The maximum Gasteiger partial charge on any atom is 0.535 e. The van der Waals surface area contributed by atoms with Crippen LogP contribution >= 0.6 is 0 Å². The molecule has 0 saturated carbocycles. The highest BCUT2D eigenvalue weighted by Gasteiger charge is 2.49. The quantitative estimate of drug-likeness (QED) is 0.104. The Morgan fingerprint density at radius 3 is 0.981 bits per heavy atom. The number of aromatic nitrogens is 2. The molecule has 3 heterocycles. The number of ether oxygens (including phenoxy) is 5. The first kappa shape index (κ1) is 34.5. The Bertz CT molecular complexity index is 2270. The van der Waals surface area contributed by atoms with Gasteiger partial charge in [-0.15, -0.1) is 0 Å². The molecule has 1 aliphatic heterocycles. The second-order valence-corrected chi connectivity index (χ2v) is 12.9. The summed E-state index contributed by atoms with van der Waals surface area (Å²) in [6, 6.07) is 40.7. The van der Waals surface area contributed by atoms with E-state index in [9.17, 15) is 0 Å². The van der Waals surface area contributed by atoms with Gasteiger partial charge in [0.05, 0.1) is 52.5 Å². The Kier molecular flexibility index (Phi) is 8.81. The van der Waals surface area contributed by atoms with Crippen LogP contribution in [0, 0.1) is 5.92 Å². The molecule has 10 heteroatoms. The van der Waals surface area contributed by atoms with Crippen LogP contribution in [0.25, 0.3) is 44.8 Å². The lowest BCUT2D eigenvalue weighted by molar-refractivity contribution is 0.414. The van der Waals surface area contributed by atoms with Gasteiger partial charge in [-0.05, 0) is 119 Å². The van der Waals surface area contributed by atoms with Crippen molar-refractivity contribution in [2.24, 2.45) is 0 Å². The van der Waals surface area contributed by atoms with Gasteiger partial charge in [0.25, 0.3) is 0 Å².